The quantitative estimate of drug-likeness (QED) is 0.907. The number of carboxylic acid groups (broad SMARTS) is 1. The fraction of sp³-hybridized carbons (Fsp3) is 0.467. The molecule has 1 saturated heterocycles. The van der Waals surface area contributed by atoms with Gasteiger partial charge in [-0.15, -0.1) is 0 Å². The summed E-state index contributed by atoms with van der Waals surface area (Å²) in [5, 5.41) is 9.17. The molecule has 2 rings (SSSR count). The maximum absolute atomic E-state index is 14.0. The minimum Gasteiger partial charge on any atom is -0.497 e. The highest BCUT2D eigenvalue weighted by atomic mass is 19.1. The summed E-state index contributed by atoms with van der Waals surface area (Å²) >= 11 is 0. The molecule has 0 aliphatic carbocycles. The van der Waals surface area contributed by atoms with E-state index in [0.29, 0.717) is 5.75 Å². The van der Waals surface area contributed by atoms with E-state index in [-0.39, 0.29) is 30.7 Å². The molecule has 1 aliphatic rings. The van der Waals surface area contributed by atoms with Crippen LogP contribution in [-0.4, -0.2) is 59.2 Å². The van der Waals surface area contributed by atoms with Crippen molar-refractivity contribution in [2.75, 3.05) is 20.2 Å². The Morgan fingerprint density at radius 3 is 2.32 bits per heavy atom. The van der Waals surface area contributed by atoms with Gasteiger partial charge in [0.05, 0.1) is 24.8 Å². The van der Waals surface area contributed by atoms with Gasteiger partial charge >= 0.3 is 6.09 Å². The van der Waals surface area contributed by atoms with Crippen LogP contribution in [-0.2, 0) is 0 Å². The molecule has 120 valence electrons. The summed E-state index contributed by atoms with van der Waals surface area (Å²) in [6, 6.07) is 3.39. The summed E-state index contributed by atoms with van der Waals surface area (Å²) in [5.74, 6) is -0.749. The molecule has 0 unspecified atom stereocenters. The van der Waals surface area contributed by atoms with E-state index in [1.807, 2.05) is 0 Å². The van der Waals surface area contributed by atoms with Gasteiger partial charge in [-0.1, -0.05) is 0 Å². The Morgan fingerprint density at radius 2 is 1.86 bits per heavy atom. The van der Waals surface area contributed by atoms with Crippen LogP contribution in [0.15, 0.2) is 18.2 Å². The molecule has 0 aromatic heterocycles. The van der Waals surface area contributed by atoms with E-state index in [2.05, 4.69) is 0 Å². The molecule has 0 radical (unpaired) electrons. The normalized spacial score (nSPS) is 21.6. The van der Waals surface area contributed by atoms with Crippen LogP contribution in [0.25, 0.3) is 0 Å². The van der Waals surface area contributed by atoms with Gasteiger partial charge in [-0.3, -0.25) is 9.69 Å². The monoisotopic (exact) mass is 310 g/mol. The number of ether oxygens (including phenoxy) is 1. The minimum absolute atomic E-state index is 0.0380. The molecule has 0 spiro atoms. The molecular weight excluding hydrogens is 291 g/mol. The van der Waals surface area contributed by atoms with Crippen molar-refractivity contribution in [3.63, 3.8) is 0 Å². The van der Waals surface area contributed by atoms with Crippen molar-refractivity contribution < 1.29 is 23.8 Å². The van der Waals surface area contributed by atoms with Crippen LogP contribution in [0.5, 0.6) is 5.75 Å². The van der Waals surface area contributed by atoms with E-state index in [9.17, 15) is 19.1 Å². The molecule has 7 heteroatoms. The van der Waals surface area contributed by atoms with Crippen molar-refractivity contribution in [3.05, 3.63) is 29.6 Å². The second-order valence-electron chi connectivity index (χ2n) is 5.44. The second kappa shape index (κ2) is 6.21. The van der Waals surface area contributed by atoms with Gasteiger partial charge < -0.3 is 14.7 Å². The van der Waals surface area contributed by atoms with Gasteiger partial charge in [-0.05, 0) is 26.0 Å². The lowest BCUT2D eigenvalue weighted by Gasteiger charge is -2.42. The Balaban J connectivity index is 2.19. The van der Waals surface area contributed by atoms with E-state index in [1.54, 1.807) is 13.8 Å². The highest BCUT2D eigenvalue weighted by molar-refractivity contribution is 5.94. The summed E-state index contributed by atoms with van der Waals surface area (Å²) in [5.41, 5.74) is -0.0380. The number of methoxy groups -OCH3 is 1. The van der Waals surface area contributed by atoms with Crippen molar-refractivity contribution in [1.82, 2.24) is 9.80 Å². The van der Waals surface area contributed by atoms with Gasteiger partial charge in [0, 0.05) is 19.2 Å². The van der Waals surface area contributed by atoms with Crippen LogP contribution in [0.3, 0.4) is 0 Å². The molecule has 1 aromatic carbocycles. The van der Waals surface area contributed by atoms with Gasteiger partial charge in [0.2, 0.25) is 0 Å². The Labute approximate surface area is 128 Å². The Morgan fingerprint density at radius 1 is 1.27 bits per heavy atom. The zero-order valence-electron chi connectivity index (χ0n) is 12.7. The number of amides is 2. The molecule has 22 heavy (non-hydrogen) atoms. The number of hydrogen-bond acceptors (Lipinski definition) is 3. The first kappa shape index (κ1) is 16.1. The zero-order valence-corrected chi connectivity index (χ0v) is 12.7. The van der Waals surface area contributed by atoms with Crippen molar-refractivity contribution >= 4 is 12.0 Å². The molecular formula is C15H19FN2O4. The summed E-state index contributed by atoms with van der Waals surface area (Å²) in [6.07, 6.45) is -1.01. The maximum atomic E-state index is 14.0. The fourth-order valence-electron chi connectivity index (χ4n) is 2.83. The highest BCUT2D eigenvalue weighted by Crippen LogP contribution is 2.21. The lowest BCUT2D eigenvalue weighted by atomic mass is 10.1. The molecule has 1 heterocycles. The number of hydrogen-bond donors (Lipinski definition) is 1. The number of nitrogens with zero attached hydrogens (tertiary/aromatic N) is 2. The number of benzene rings is 1. The molecule has 2 amide bonds. The molecule has 2 atom stereocenters. The van der Waals surface area contributed by atoms with Gasteiger partial charge in [0.25, 0.3) is 5.91 Å². The lowest BCUT2D eigenvalue weighted by Crippen LogP contribution is -2.59. The number of carbonyl (C=O) groups excluding carboxylic acids is 1. The van der Waals surface area contributed by atoms with Gasteiger partial charge in [-0.2, -0.15) is 0 Å². The first-order valence-electron chi connectivity index (χ1n) is 6.99. The molecule has 1 aromatic rings. The van der Waals surface area contributed by atoms with Crippen LogP contribution in [0.1, 0.15) is 24.2 Å². The Hall–Kier alpha value is -2.31. The molecule has 0 bridgehead atoms. The van der Waals surface area contributed by atoms with Crippen LogP contribution in [0, 0.1) is 5.82 Å². The number of rotatable bonds is 2. The Bertz CT molecular complexity index is 581. The number of halogens is 1. The SMILES string of the molecule is COc1ccc(C(=O)N2C[C@@H](C)N(C(=O)O)[C@H](C)C2)c(F)c1. The Kier molecular flexibility index (Phi) is 4.54. The average molecular weight is 310 g/mol. The molecule has 1 N–H and O–H groups in total. The number of carbonyl (C=O) groups is 2. The smallest absolute Gasteiger partial charge is 0.407 e. The third-order valence-electron chi connectivity index (χ3n) is 3.83. The summed E-state index contributed by atoms with van der Waals surface area (Å²) in [4.78, 5) is 26.5. The van der Waals surface area contributed by atoms with Crippen molar-refractivity contribution in [2.24, 2.45) is 0 Å². The van der Waals surface area contributed by atoms with E-state index in [4.69, 9.17) is 4.74 Å². The van der Waals surface area contributed by atoms with Crippen LogP contribution < -0.4 is 4.74 Å². The summed E-state index contributed by atoms with van der Waals surface area (Å²) in [6.45, 7) is 3.94. The first-order chi connectivity index (χ1) is 10.3. The summed E-state index contributed by atoms with van der Waals surface area (Å²) in [7, 11) is 1.42. The van der Waals surface area contributed by atoms with Crippen LogP contribution >= 0.6 is 0 Å². The predicted octanol–water partition coefficient (Wildman–Crippen LogP) is 2.05. The molecule has 1 aliphatic heterocycles. The fourth-order valence-corrected chi connectivity index (χ4v) is 2.83. The largest absolute Gasteiger partial charge is 0.497 e. The van der Waals surface area contributed by atoms with Crippen molar-refractivity contribution in [2.45, 2.75) is 25.9 Å². The van der Waals surface area contributed by atoms with Gasteiger partial charge in [0.15, 0.2) is 0 Å². The standard InChI is InChI=1S/C15H19FN2O4/c1-9-7-17(8-10(2)18(9)15(20)21)14(19)12-5-4-11(22-3)6-13(12)16/h4-6,9-10H,7-8H2,1-3H3,(H,20,21)/t9-,10-/m1/s1. The van der Waals surface area contributed by atoms with E-state index in [1.165, 1.54) is 29.0 Å². The maximum Gasteiger partial charge on any atom is 0.407 e. The highest BCUT2D eigenvalue weighted by Gasteiger charge is 2.35. The van der Waals surface area contributed by atoms with Gasteiger partial charge in [0.1, 0.15) is 11.6 Å². The third-order valence-corrected chi connectivity index (χ3v) is 3.83. The van der Waals surface area contributed by atoms with Crippen molar-refractivity contribution in [3.8, 4) is 5.75 Å². The summed E-state index contributed by atoms with van der Waals surface area (Å²) < 4.78 is 18.9. The number of piperazine rings is 1. The molecule has 0 saturated carbocycles. The minimum atomic E-state index is -1.01. The van der Waals surface area contributed by atoms with E-state index >= 15 is 0 Å². The topological polar surface area (TPSA) is 70.1 Å². The van der Waals surface area contributed by atoms with Crippen LogP contribution in [0.4, 0.5) is 9.18 Å². The molecule has 1 fully saturated rings. The van der Waals surface area contributed by atoms with Gasteiger partial charge in [-0.25, -0.2) is 9.18 Å². The lowest BCUT2D eigenvalue weighted by molar-refractivity contribution is 0.0323. The van der Waals surface area contributed by atoms with E-state index in [0.717, 1.165) is 6.07 Å². The van der Waals surface area contributed by atoms with Crippen molar-refractivity contribution in [1.29, 1.82) is 0 Å². The second-order valence-corrected chi connectivity index (χ2v) is 5.44. The molecule has 6 nitrogen and oxygen atoms in total. The first-order valence-corrected chi connectivity index (χ1v) is 6.99. The third kappa shape index (κ3) is 2.98. The van der Waals surface area contributed by atoms with E-state index < -0.39 is 17.8 Å². The zero-order chi connectivity index (χ0) is 16.4. The average Bonchev–Trinajstić information content (AvgIpc) is 2.45. The predicted molar refractivity (Wildman–Crippen MR) is 77.6 cm³/mol. The van der Waals surface area contributed by atoms with Crippen LogP contribution in [0.2, 0.25) is 0 Å².